The molecule has 0 saturated heterocycles. The first-order chi connectivity index (χ1) is 8.55. The van der Waals surface area contributed by atoms with Crippen molar-refractivity contribution in [3.8, 4) is 0 Å². The Kier molecular flexibility index (Phi) is 6.24. The van der Waals surface area contributed by atoms with Crippen LogP contribution in [0.3, 0.4) is 0 Å². The molecule has 5 nitrogen and oxygen atoms in total. The van der Waals surface area contributed by atoms with E-state index >= 15 is 0 Å². The number of aromatic nitrogens is 1. The van der Waals surface area contributed by atoms with Crippen LogP contribution in [0, 0.1) is 6.92 Å². The molecule has 0 spiro atoms. The molecule has 0 aliphatic carbocycles. The lowest BCUT2D eigenvalue weighted by molar-refractivity contribution is 0.575. The minimum absolute atomic E-state index is 0.0961. The summed E-state index contributed by atoms with van der Waals surface area (Å²) in [6.07, 6.45) is 2.67. The lowest BCUT2D eigenvalue weighted by Crippen LogP contribution is -2.32. The number of aryl methyl sites for hydroxylation is 1. The summed E-state index contributed by atoms with van der Waals surface area (Å²) < 4.78 is 26.0. The highest BCUT2D eigenvalue weighted by molar-refractivity contribution is 7.89. The monoisotopic (exact) mass is 271 g/mol. The van der Waals surface area contributed by atoms with Crippen LogP contribution in [0.15, 0.2) is 18.3 Å². The van der Waals surface area contributed by atoms with E-state index in [4.69, 9.17) is 0 Å². The molecule has 0 aliphatic heterocycles. The van der Waals surface area contributed by atoms with Crippen LogP contribution in [-0.2, 0) is 16.6 Å². The van der Waals surface area contributed by atoms with Crippen LogP contribution in [0.4, 0.5) is 0 Å². The molecule has 0 aliphatic rings. The van der Waals surface area contributed by atoms with Gasteiger partial charge in [0.25, 0.3) is 0 Å². The van der Waals surface area contributed by atoms with Crippen LogP contribution in [0.1, 0.15) is 24.6 Å². The number of hydrogen-bond donors (Lipinski definition) is 2. The Labute approximate surface area is 109 Å². The molecule has 0 fully saturated rings. The van der Waals surface area contributed by atoms with Crippen molar-refractivity contribution in [2.75, 3.05) is 18.8 Å². The summed E-state index contributed by atoms with van der Waals surface area (Å²) in [4.78, 5) is 4.15. The molecule has 18 heavy (non-hydrogen) atoms. The van der Waals surface area contributed by atoms with Crippen molar-refractivity contribution in [2.45, 2.75) is 26.8 Å². The quantitative estimate of drug-likeness (QED) is 0.686. The first kappa shape index (κ1) is 15.1. The third kappa shape index (κ3) is 5.57. The molecule has 1 aromatic rings. The summed E-state index contributed by atoms with van der Waals surface area (Å²) in [6, 6.07) is 3.75. The van der Waals surface area contributed by atoms with Crippen LogP contribution in [0.2, 0.25) is 0 Å². The predicted molar refractivity (Wildman–Crippen MR) is 72.8 cm³/mol. The number of nitrogens with zero attached hydrogens (tertiary/aromatic N) is 1. The second-order valence-electron chi connectivity index (χ2n) is 4.16. The number of rotatable bonds is 8. The Morgan fingerprint density at radius 1 is 1.33 bits per heavy atom. The van der Waals surface area contributed by atoms with Gasteiger partial charge in [0, 0.05) is 12.7 Å². The number of nitrogens with one attached hydrogen (secondary N) is 2. The molecule has 0 amide bonds. The molecule has 6 heteroatoms. The van der Waals surface area contributed by atoms with Crippen LogP contribution in [-0.4, -0.2) is 32.2 Å². The molecule has 1 aromatic heterocycles. The van der Waals surface area contributed by atoms with Gasteiger partial charge in [0.05, 0.1) is 18.0 Å². The second kappa shape index (κ2) is 7.45. The average Bonchev–Trinajstić information content (AvgIpc) is 2.34. The van der Waals surface area contributed by atoms with Crippen molar-refractivity contribution in [1.82, 2.24) is 15.0 Å². The minimum atomic E-state index is -3.23. The van der Waals surface area contributed by atoms with Gasteiger partial charge in [0.2, 0.25) is 10.0 Å². The van der Waals surface area contributed by atoms with E-state index in [0.717, 1.165) is 24.2 Å². The molecular weight excluding hydrogens is 250 g/mol. The Balaban J connectivity index is 2.40. The Morgan fingerprint density at radius 3 is 2.78 bits per heavy atom. The highest BCUT2D eigenvalue weighted by Gasteiger charge is 2.10. The van der Waals surface area contributed by atoms with Crippen LogP contribution >= 0.6 is 0 Å². The first-order valence-corrected chi connectivity index (χ1v) is 7.79. The smallest absolute Gasteiger partial charge is 0.213 e. The van der Waals surface area contributed by atoms with Crippen molar-refractivity contribution in [1.29, 1.82) is 0 Å². The normalized spacial score (nSPS) is 11.7. The summed E-state index contributed by atoms with van der Waals surface area (Å²) >= 11 is 0. The lowest BCUT2D eigenvalue weighted by atomic mass is 10.2. The standard InChI is InChI=1S/C12H21N3O2S/c1-3-6-13-8-9-18(16,17)15-10-12-11(2)5-4-7-14-12/h4-5,7,13,15H,3,6,8-10H2,1-2H3. The topological polar surface area (TPSA) is 71.1 Å². The molecule has 2 N–H and O–H groups in total. The highest BCUT2D eigenvalue weighted by atomic mass is 32.2. The zero-order valence-corrected chi connectivity index (χ0v) is 11.8. The molecule has 1 heterocycles. The molecule has 0 atom stereocenters. The van der Waals surface area contributed by atoms with Crippen LogP contribution in [0.25, 0.3) is 0 Å². The Hall–Kier alpha value is -0.980. The van der Waals surface area contributed by atoms with Crippen molar-refractivity contribution < 1.29 is 8.42 Å². The van der Waals surface area contributed by atoms with Gasteiger partial charge < -0.3 is 5.32 Å². The number of hydrogen-bond acceptors (Lipinski definition) is 4. The maximum absolute atomic E-state index is 11.7. The van der Waals surface area contributed by atoms with Crippen molar-refractivity contribution in [2.24, 2.45) is 0 Å². The zero-order chi connectivity index (χ0) is 13.4. The fourth-order valence-corrected chi connectivity index (χ4v) is 2.38. The van der Waals surface area contributed by atoms with Gasteiger partial charge >= 0.3 is 0 Å². The third-order valence-corrected chi connectivity index (χ3v) is 3.88. The van der Waals surface area contributed by atoms with Gasteiger partial charge in [-0.2, -0.15) is 0 Å². The fraction of sp³-hybridized carbons (Fsp3) is 0.583. The molecule has 1 rings (SSSR count). The van der Waals surface area contributed by atoms with E-state index in [1.54, 1.807) is 6.20 Å². The summed E-state index contributed by atoms with van der Waals surface area (Å²) in [5, 5.41) is 3.07. The van der Waals surface area contributed by atoms with Crippen LogP contribution < -0.4 is 10.0 Å². The van der Waals surface area contributed by atoms with E-state index in [0.29, 0.717) is 6.54 Å². The summed E-state index contributed by atoms with van der Waals surface area (Å²) in [5.41, 5.74) is 1.76. The fourth-order valence-electron chi connectivity index (χ4n) is 1.46. The molecule has 0 bridgehead atoms. The van der Waals surface area contributed by atoms with Crippen molar-refractivity contribution in [3.05, 3.63) is 29.6 Å². The highest BCUT2D eigenvalue weighted by Crippen LogP contribution is 2.02. The van der Waals surface area contributed by atoms with Gasteiger partial charge in [0.1, 0.15) is 0 Å². The lowest BCUT2D eigenvalue weighted by Gasteiger charge is -2.08. The van der Waals surface area contributed by atoms with Gasteiger partial charge in [-0.05, 0) is 31.5 Å². The van der Waals surface area contributed by atoms with E-state index in [-0.39, 0.29) is 12.3 Å². The first-order valence-electron chi connectivity index (χ1n) is 6.13. The van der Waals surface area contributed by atoms with Gasteiger partial charge in [-0.15, -0.1) is 0 Å². The van der Waals surface area contributed by atoms with E-state index < -0.39 is 10.0 Å². The molecule has 0 aromatic carbocycles. The van der Waals surface area contributed by atoms with E-state index in [1.165, 1.54) is 0 Å². The van der Waals surface area contributed by atoms with Gasteiger partial charge in [-0.3, -0.25) is 4.98 Å². The molecule has 0 radical (unpaired) electrons. The van der Waals surface area contributed by atoms with Gasteiger partial charge in [0.15, 0.2) is 0 Å². The predicted octanol–water partition coefficient (Wildman–Crippen LogP) is 0.809. The van der Waals surface area contributed by atoms with E-state index in [2.05, 4.69) is 15.0 Å². The molecule has 0 unspecified atom stereocenters. The molecule has 0 saturated carbocycles. The van der Waals surface area contributed by atoms with Gasteiger partial charge in [-0.25, -0.2) is 13.1 Å². The largest absolute Gasteiger partial charge is 0.316 e. The average molecular weight is 271 g/mol. The molecule has 102 valence electrons. The van der Waals surface area contributed by atoms with E-state index in [9.17, 15) is 8.42 Å². The number of sulfonamides is 1. The molecular formula is C12H21N3O2S. The number of pyridine rings is 1. The van der Waals surface area contributed by atoms with Crippen molar-refractivity contribution >= 4 is 10.0 Å². The Morgan fingerprint density at radius 2 is 2.11 bits per heavy atom. The SMILES string of the molecule is CCCNCCS(=O)(=O)NCc1ncccc1C. The minimum Gasteiger partial charge on any atom is -0.316 e. The van der Waals surface area contributed by atoms with Gasteiger partial charge in [-0.1, -0.05) is 13.0 Å². The van der Waals surface area contributed by atoms with Crippen LogP contribution in [0.5, 0.6) is 0 Å². The third-order valence-electron chi connectivity index (χ3n) is 2.55. The zero-order valence-electron chi connectivity index (χ0n) is 10.9. The summed E-state index contributed by atoms with van der Waals surface area (Å²) in [6.45, 7) is 5.53. The maximum Gasteiger partial charge on any atom is 0.213 e. The summed E-state index contributed by atoms with van der Waals surface area (Å²) in [7, 11) is -3.23. The second-order valence-corrected chi connectivity index (χ2v) is 6.08. The Bertz CT molecular complexity index is 460. The van der Waals surface area contributed by atoms with Crippen molar-refractivity contribution in [3.63, 3.8) is 0 Å². The maximum atomic E-state index is 11.7. The van der Waals surface area contributed by atoms with E-state index in [1.807, 2.05) is 26.0 Å². The summed E-state index contributed by atoms with van der Waals surface area (Å²) in [5.74, 6) is 0.0961.